The zero-order valence-electron chi connectivity index (χ0n) is 48.0. The summed E-state index contributed by atoms with van der Waals surface area (Å²) in [7, 11) is 0. The summed E-state index contributed by atoms with van der Waals surface area (Å²) in [6.07, 6.45) is 71.8. The van der Waals surface area contributed by atoms with Crippen molar-refractivity contribution in [1.29, 1.82) is 0 Å². The quantitative estimate of drug-likeness (QED) is 0.0261. The van der Waals surface area contributed by atoms with Gasteiger partial charge in [0.25, 0.3) is 0 Å². The van der Waals surface area contributed by atoms with Gasteiger partial charge in [-0.1, -0.05) is 289 Å². The minimum absolute atomic E-state index is 0.0696. The van der Waals surface area contributed by atoms with Crippen molar-refractivity contribution in [2.24, 2.45) is 0 Å². The van der Waals surface area contributed by atoms with Crippen LogP contribution in [0, 0.1) is 0 Å². The molecule has 0 aliphatic carbocycles. The van der Waals surface area contributed by atoms with Gasteiger partial charge in [-0.15, -0.1) is 0 Å². The summed E-state index contributed by atoms with van der Waals surface area (Å²) >= 11 is 0. The number of unbranched alkanes of at least 4 members (excludes halogenated alkanes) is 44. The largest absolute Gasteiger partial charge is 0.462 e. The van der Waals surface area contributed by atoms with Crippen LogP contribution in [-0.4, -0.2) is 37.2 Å². The van der Waals surface area contributed by atoms with Crippen LogP contribution in [0.4, 0.5) is 0 Å². The zero-order chi connectivity index (χ0) is 51.4. The van der Waals surface area contributed by atoms with Crippen LogP contribution in [0.2, 0.25) is 0 Å². The van der Waals surface area contributed by atoms with Crippen molar-refractivity contribution in [1.82, 2.24) is 0 Å². The molecule has 418 valence electrons. The number of carbonyl (C=O) groups is 3. The van der Waals surface area contributed by atoms with Gasteiger partial charge in [0, 0.05) is 19.3 Å². The van der Waals surface area contributed by atoms with Gasteiger partial charge in [0.05, 0.1) is 0 Å². The van der Waals surface area contributed by atoms with Gasteiger partial charge in [0.2, 0.25) is 0 Å². The average Bonchev–Trinajstić information content (AvgIpc) is 3.37. The van der Waals surface area contributed by atoms with Gasteiger partial charge in [0.1, 0.15) is 13.2 Å². The molecule has 0 heterocycles. The van der Waals surface area contributed by atoms with Crippen LogP contribution in [0.5, 0.6) is 0 Å². The molecule has 71 heavy (non-hydrogen) atoms. The molecule has 0 saturated carbocycles. The lowest BCUT2D eigenvalue weighted by Crippen LogP contribution is -2.30. The van der Waals surface area contributed by atoms with E-state index in [1.807, 2.05) is 0 Å². The first-order valence-electron chi connectivity index (χ1n) is 31.8. The molecule has 0 N–H and O–H groups in total. The molecule has 0 aliphatic rings. The van der Waals surface area contributed by atoms with Crippen molar-refractivity contribution in [3.05, 3.63) is 24.3 Å². The number of hydrogen-bond donors (Lipinski definition) is 0. The van der Waals surface area contributed by atoms with Crippen LogP contribution in [0.15, 0.2) is 24.3 Å². The van der Waals surface area contributed by atoms with Crippen molar-refractivity contribution >= 4 is 17.9 Å². The second-order valence-electron chi connectivity index (χ2n) is 21.7. The summed E-state index contributed by atoms with van der Waals surface area (Å²) in [5, 5.41) is 0. The molecular formula is C65H122O6. The molecule has 0 unspecified atom stereocenters. The third kappa shape index (κ3) is 58.7. The molecule has 0 radical (unpaired) electrons. The topological polar surface area (TPSA) is 78.9 Å². The van der Waals surface area contributed by atoms with E-state index in [-0.39, 0.29) is 31.1 Å². The Labute approximate surface area is 443 Å². The van der Waals surface area contributed by atoms with Gasteiger partial charge in [0.15, 0.2) is 6.10 Å². The van der Waals surface area contributed by atoms with E-state index < -0.39 is 6.10 Å². The highest BCUT2D eigenvalue weighted by Crippen LogP contribution is 2.17. The molecule has 0 aromatic carbocycles. The normalized spacial score (nSPS) is 12.1. The maximum atomic E-state index is 12.9. The van der Waals surface area contributed by atoms with Crippen molar-refractivity contribution in [3.63, 3.8) is 0 Å². The smallest absolute Gasteiger partial charge is 0.306 e. The Morgan fingerprint density at radius 1 is 0.268 bits per heavy atom. The molecule has 0 saturated heterocycles. The first-order chi connectivity index (χ1) is 35.0. The Balaban J connectivity index is 4.30. The van der Waals surface area contributed by atoms with Gasteiger partial charge in [-0.25, -0.2) is 0 Å². The second kappa shape index (κ2) is 60.4. The highest BCUT2D eigenvalue weighted by molar-refractivity contribution is 5.71. The summed E-state index contributed by atoms with van der Waals surface area (Å²) in [6, 6.07) is 0. The summed E-state index contributed by atoms with van der Waals surface area (Å²) < 4.78 is 16.9. The summed E-state index contributed by atoms with van der Waals surface area (Å²) in [5.74, 6) is -0.853. The number of rotatable bonds is 59. The number of allylic oxidation sites excluding steroid dienone is 4. The first kappa shape index (κ1) is 68.9. The van der Waals surface area contributed by atoms with E-state index in [2.05, 4.69) is 45.1 Å². The molecule has 6 nitrogen and oxygen atoms in total. The molecule has 0 bridgehead atoms. The van der Waals surface area contributed by atoms with Crippen molar-refractivity contribution < 1.29 is 28.6 Å². The van der Waals surface area contributed by atoms with Crippen LogP contribution >= 0.6 is 0 Å². The van der Waals surface area contributed by atoms with Crippen molar-refractivity contribution in [2.75, 3.05) is 13.2 Å². The molecular weight excluding hydrogens is 877 g/mol. The van der Waals surface area contributed by atoms with Crippen LogP contribution in [-0.2, 0) is 28.6 Å². The lowest BCUT2D eigenvalue weighted by atomic mass is 10.0. The Kier molecular flexibility index (Phi) is 58.6. The number of hydrogen-bond acceptors (Lipinski definition) is 6. The minimum Gasteiger partial charge on any atom is -0.462 e. The highest BCUT2D eigenvalue weighted by atomic mass is 16.6. The maximum Gasteiger partial charge on any atom is 0.306 e. The fraction of sp³-hybridized carbons (Fsp3) is 0.892. The Morgan fingerprint density at radius 2 is 0.465 bits per heavy atom. The number of ether oxygens (including phenoxy) is 3. The third-order valence-corrected chi connectivity index (χ3v) is 14.4. The number of carbonyl (C=O) groups excluding carboxylic acids is 3. The lowest BCUT2D eigenvalue weighted by Gasteiger charge is -2.18. The molecule has 0 fully saturated rings. The van der Waals surface area contributed by atoms with Crippen molar-refractivity contribution in [2.45, 2.75) is 361 Å². The molecule has 0 aliphatic heterocycles. The Bertz CT molecular complexity index is 1150. The van der Waals surface area contributed by atoms with Gasteiger partial charge >= 0.3 is 17.9 Å². The molecule has 0 aromatic heterocycles. The molecule has 6 heteroatoms. The molecule has 0 amide bonds. The van der Waals surface area contributed by atoms with E-state index in [9.17, 15) is 14.4 Å². The van der Waals surface area contributed by atoms with E-state index in [0.29, 0.717) is 19.3 Å². The predicted molar refractivity (Wildman–Crippen MR) is 307 cm³/mol. The number of esters is 3. The Hall–Kier alpha value is -2.11. The highest BCUT2D eigenvalue weighted by Gasteiger charge is 2.19. The van der Waals surface area contributed by atoms with Crippen LogP contribution in [0.25, 0.3) is 0 Å². The van der Waals surface area contributed by atoms with Gasteiger partial charge in [-0.3, -0.25) is 14.4 Å². The Morgan fingerprint density at radius 3 is 0.704 bits per heavy atom. The second-order valence-corrected chi connectivity index (χ2v) is 21.7. The molecule has 0 rings (SSSR count). The zero-order valence-corrected chi connectivity index (χ0v) is 48.0. The van der Waals surface area contributed by atoms with E-state index in [1.165, 1.54) is 250 Å². The average molecular weight is 1000 g/mol. The fourth-order valence-corrected chi connectivity index (χ4v) is 9.61. The van der Waals surface area contributed by atoms with Crippen LogP contribution in [0.1, 0.15) is 355 Å². The van der Waals surface area contributed by atoms with E-state index >= 15 is 0 Å². The van der Waals surface area contributed by atoms with Crippen LogP contribution in [0.3, 0.4) is 0 Å². The summed E-state index contributed by atoms with van der Waals surface area (Å²) in [5.41, 5.74) is 0. The van der Waals surface area contributed by atoms with Gasteiger partial charge in [-0.2, -0.15) is 0 Å². The summed E-state index contributed by atoms with van der Waals surface area (Å²) in [6.45, 7) is 6.69. The predicted octanol–water partition coefficient (Wildman–Crippen LogP) is 21.4. The monoisotopic (exact) mass is 999 g/mol. The third-order valence-electron chi connectivity index (χ3n) is 14.4. The SMILES string of the molecule is CCCCCCCC/C=C\CCCCCCCCCCCCCC(=O)OC[C@H](COC(=O)CCCCCCCCCCCCCCCCCCC)OC(=O)CCCCCCC/C=C\CCCCCCCC. The molecule has 1 atom stereocenters. The molecule has 0 spiro atoms. The van der Waals surface area contributed by atoms with Crippen molar-refractivity contribution in [3.8, 4) is 0 Å². The fourth-order valence-electron chi connectivity index (χ4n) is 9.61. The maximum absolute atomic E-state index is 12.9. The molecule has 0 aromatic rings. The van der Waals surface area contributed by atoms with Gasteiger partial charge < -0.3 is 14.2 Å². The minimum atomic E-state index is -0.773. The standard InChI is InChI=1S/C65H122O6/c1-4-7-10-13-16-19-22-25-28-30-31-32-33-35-38-40-43-46-49-52-55-58-64(67)70-61-62(71-65(68)59-56-53-50-47-44-41-36-27-24-21-18-15-12-9-6-3)60-69-63(66)57-54-51-48-45-42-39-37-34-29-26-23-20-17-14-11-8-5-2/h25,27-28,36,62H,4-24,26,29-35,37-61H2,1-3H3/b28-25-,36-27-/t62-/m0/s1. The summed E-state index contributed by atoms with van der Waals surface area (Å²) in [4.78, 5) is 38.3. The van der Waals surface area contributed by atoms with Gasteiger partial charge in [-0.05, 0) is 70.6 Å². The first-order valence-corrected chi connectivity index (χ1v) is 31.8. The van der Waals surface area contributed by atoms with Crippen LogP contribution < -0.4 is 0 Å². The van der Waals surface area contributed by atoms with E-state index in [4.69, 9.17) is 14.2 Å². The van der Waals surface area contributed by atoms with E-state index in [0.717, 1.165) is 64.2 Å². The van der Waals surface area contributed by atoms with E-state index in [1.54, 1.807) is 0 Å². The lowest BCUT2D eigenvalue weighted by molar-refractivity contribution is -0.167.